The first-order valence-corrected chi connectivity index (χ1v) is 10.7. The zero-order valence-corrected chi connectivity index (χ0v) is 18.0. The molecule has 1 saturated heterocycles. The number of nitrogens with one attached hydrogen (secondary N) is 3. The first kappa shape index (κ1) is 23.5. The topological polar surface area (TPSA) is 82.7 Å². The molecule has 9 heteroatoms. The molecule has 0 atom stereocenters. The number of rotatable bonds is 8. The Morgan fingerprint density at radius 2 is 1.66 bits per heavy atom. The number of anilines is 3. The number of carbonyl (C=O) groups excluding carboxylic acids is 2. The van der Waals surface area contributed by atoms with Crippen LogP contribution < -0.4 is 20.9 Å². The van der Waals surface area contributed by atoms with Gasteiger partial charge in [0.1, 0.15) is 0 Å². The van der Waals surface area contributed by atoms with E-state index in [2.05, 4.69) is 20.9 Å². The van der Waals surface area contributed by atoms with Crippen molar-refractivity contribution in [1.29, 1.82) is 0 Å². The van der Waals surface area contributed by atoms with Gasteiger partial charge in [0.15, 0.2) is 11.6 Å². The molecule has 32 heavy (non-hydrogen) atoms. The molecule has 0 spiro atoms. The van der Waals surface area contributed by atoms with Crippen molar-refractivity contribution in [2.75, 3.05) is 48.9 Å². The Bertz CT molecular complexity index is 949. The van der Waals surface area contributed by atoms with Crippen molar-refractivity contribution in [2.24, 2.45) is 0 Å². The number of methoxy groups -OCH3 is 1. The second-order valence-corrected chi connectivity index (χ2v) is 7.59. The summed E-state index contributed by atoms with van der Waals surface area (Å²) >= 11 is 0. The lowest BCUT2D eigenvalue weighted by Crippen LogP contribution is -2.33. The van der Waals surface area contributed by atoms with Gasteiger partial charge in [0.05, 0.1) is 5.56 Å². The summed E-state index contributed by atoms with van der Waals surface area (Å²) in [5.74, 6) is -2.28. The van der Waals surface area contributed by atoms with E-state index < -0.39 is 17.7 Å². The molecule has 0 unspecified atom stereocenters. The summed E-state index contributed by atoms with van der Waals surface area (Å²) < 4.78 is 31.5. The molecule has 0 bridgehead atoms. The summed E-state index contributed by atoms with van der Waals surface area (Å²) in [6.45, 7) is 2.76. The fourth-order valence-corrected chi connectivity index (χ4v) is 3.59. The van der Waals surface area contributed by atoms with E-state index in [1.807, 2.05) is 6.07 Å². The third-order valence-electron chi connectivity index (χ3n) is 5.18. The fraction of sp³-hybridized carbons (Fsp3) is 0.391. The van der Waals surface area contributed by atoms with Crippen molar-refractivity contribution in [3.8, 4) is 0 Å². The van der Waals surface area contributed by atoms with Crippen molar-refractivity contribution in [2.45, 2.75) is 25.7 Å². The van der Waals surface area contributed by atoms with Gasteiger partial charge in [-0.3, -0.25) is 4.79 Å². The summed E-state index contributed by atoms with van der Waals surface area (Å²) in [5, 5.41) is 7.99. The summed E-state index contributed by atoms with van der Waals surface area (Å²) in [4.78, 5) is 27.4. The molecule has 3 rings (SSSR count). The Labute approximate surface area is 186 Å². The number of carbonyl (C=O) groups is 2. The number of halogens is 2. The highest BCUT2D eigenvalue weighted by atomic mass is 19.2. The maximum absolute atomic E-state index is 13.4. The van der Waals surface area contributed by atoms with Crippen molar-refractivity contribution in [3.63, 3.8) is 0 Å². The molecule has 0 radical (unpaired) electrons. The first-order chi connectivity index (χ1) is 15.5. The third kappa shape index (κ3) is 6.40. The van der Waals surface area contributed by atoms with Gasteiger partial charge in [0, 0.05) is 56.5 Å². The number of amides is 3. The highest BCUT2D eigenvalue weighted by Crippen LogP contribution is 2.27. The second-order valence-electron chi connectivity index (χ2n) is 7.59. The van der Waals surface area contributed by atoms with Crippen LogP contribution in [0.5, 0.6) is 0 Å². The number of benzene rings is 2. The highest BCUT2D eigenvalue weighted by Gasteiger charge is 2.19. The lowest BCUT2D eigenvalue weighted by Gasteiger charge is -2.30. The second kappa shape index (κ2) is 11.4. The van der Waals surface area contributed by atoms with Crippen molar-refractivity contribution in [1.82, 2.24) is 5.32 Å². The minimum absolute atomic E-state index is 0.113. The summed E-state index contributed by atoms with van der Waals surface area (Å²) in [6.07, 6.45) is 3.98. The smallest absolute Gasteiger partial charge is 0.323 e. The van der Waals surface area contributed by atoms with E-state index >= 15 is 0 Å². The molecule has 172 valence electrons. The largest absolute Gasteiger partial charge is 0.385 e. The van der Waals surface area contributed by atoms with Crippen LogP contribution in [0, 0.1) is 11.6 Å². The minimum atomic E-state index is -1.05. The predicted octanol–water partition coefficient (Wildman–Crippen LogP) is 4.37. The SMILES string of the molecule is COCCCNC(=O)c1cc(NC(=O)Nc2ccc(F)c(F)c2)ccc1N1CCCCC1. The van der Waals surface area contributed by atoms with Crippen LogP contribution in [-0.2, 0) is 4.74 Å². The Hall–Kier alpha value is -3.20. The average Bonchev–Trinajstić information content (AvgIpc) is 2.79. The maximum Gasteiger partial charge on any atom is 0.323 e. The predicted molar refractivity (Wildman–Crippen MR) is 120 cm³/mol. The summed E-state index contributed by atoms with van der Waals surface area (Å²) in [5.41, 5.74) is 1.81. The number of hydrogen-bond donors (Lipinski definition) is 3. The Balaban J connectivity index is 1.74. The van der Waals surface area contributed by atoms with Gasteiger partial charge in [-0.25, -0.2) is 13.6 Å². The summed E-state index contributed by atoms with van der Waals surface area (Å²) in [6, 6.07) is 7.63. The van der Waals surface area contributed by atoms with Crippen LogP contribution in [0.25, 0.3) is 0 Å². The van der Waals surface area contributed by atoms with Gasteiger partial charge in [-0.2, -0.15) is 0 Å². The fourth-order valence-electron chi connectivity index (χ4n) is 3.59. The molecule has 1 aliphatic rings. The molecule has 3 amide bonds. The summed E-state index contributed by atoms with van der Waals surface area (Å²) in [7, 11) is 1.61. The van der Waals surface area contributed by atoms with Crippen LogP contribution in [0.3, 0.4) is 0 Å². The van der Waals surface area contributed by atoms with E-state index in [-0.39, 0.29) is 11.6 Å². The Morgan fingerprint density at radius 3 is 2.34 bits per heavy atom. The zero-order chi connectivity index (χ0) is 22.9. The van der Waals surface area contributed by atoms with Crippen molar-refractivity contribution >= 4 is 29.0 Å². The van der Waals surface area contributed by atoms with Gasteiger partial charge in [-0.05, 0) is 56.0 Å². The molecule has 1 aliphatic heterocycles. The highest BCUT2D eigenvalue weighted by molar-refractivity contribution is 6.04. The number of nitrogens with zero attached hydrogens (tertiary/aromatic N) is 1. The number of piperidine rings is 1. The van der Waals surface area contributed by atoms with Crippen molar-refractivity contribution in [3.05, 3.63) is 53.6 Å². The molecule has 2 aromatic carbocycles. The number of hydrogen-bond acceptors (Lipinski definition) is 4. The molecule has 3 N–H and O–H groups in total. The standard InChI is InChI=1S/C23H28F2N4O3/c1-32-13-5-10-26-22(30)18-14-16(7-9-21(18)29-11-3-2-4-12-29)27-23(31)28-17-6-8-19(24)20(25)15-17/h6-9,14-15H,2-5,10-13H2,1H3,(H,26,30)(H2,27,28,31). The van der Waals surface area contributed by atoms with E-state index in [9.17, 15) is 18.4 Å². The normalized spacial score (nSPS) is 13.5. The maximum atomic E-state index is 13.4. The van der Waals surface area contributed by atoms with E-state index in [1.165, 1.54) is 12.5 Å². The molecule has 0 aromatic heterocycles. The van der Waals surface area contributed by atoms with Crippen LogP contribution >= 0.6 is 0 Å². The van der Waals surface area contributed by atoms with Gasteiger partial charge in [0.25, 0.3) is 5.91 Å². The quantitative estimate of drug-likeness (QED) is 0.526. The first-order valence-electron chi connectivity index (χ1n) is 10.7. The monoisotopic (exact) mass is 446 g/mol. The molecular formula is C23H28F2N4O3. The van der Waals surface area contributed by atoms with Gasteiger partial charge in [0.2, 0.25) is 0 Å². The van der Waals surface area contributed by atoms with E-state index in [0.29, 0.717) is 30.8 Å². The molecular weight excluding hydrogens is 418 g/mol. The number of urea groups is 1. The van der Waals surface area contributed by atoms with E-state index in [0.717, 1.165) is 43.8 Å². The average molecular weight is 446 g/mol. The van der Waals surface area contributed by atoms with E-state index in [1.54, 1.807) is 19.2 Å². The lowest BCUT2D eigenvalue weighted by atomic mass is 10.1. The number of ether oxygens (including phenoxy) is 1. The Morgan fingerprint density at radius 1 is 0.969 bits per heavy atom. The lowest BCUT2D eigenvalue weighted by molar-refractivity contribution is 0.0949. The van der Waals surface area contributed by atoms with Gasteiger partial charge < -0.3 is 25.6 Å². The molecule has 1 heterocycles. The van der Waals surface area contributed by atoms with Crippen LogP contribution in [0.2, 0.25) is 0 Å². The third-order valence-corrected chi connectivity index (χ3v) is 5.18. The molecule has 2 aromatic rings. The van der Waals surface area contributed by atoms with Crippen molar-refractivity contribution < 1.29 is 23.1 Å². The van der Waals surface area contributed by atoms with Crippen LogP contribution in [0.1, 0.15) is 36.0 Å². The molecule has 0 aliphatic carbocycles. The van der Waals surface area contributed by atoms with Gasteiger partial charge in [-0.1, -0.05) is 0 Å². The zero-order valence-electron chi connectivity index (χ0n) is 18.0. The molecule has 7 nitrogen and oxygen atoms in total. The Kier molecular flexibility index (Phi) is 8.38. The van der Waals surface area contributed by atoms with E-state index in [4.69, 9.17) is 4.74 Å². The van der Waals surface area contributed by atoms with Crippen LogP contribution in [0.15, 0.2) is 36.4 Å². The van der Waals surface area contributed by atoms with Crippen LogP contribution in [0.4, 0.5) is 30.6 Å². The van der Waals surface area contributed by atoms with Gasteiger partial charge >= 0.3 is 6.03 Å². The molecule has 0 saturated carbocycles. The van der Waals surface area contributed by atoms with Crippen LogP contribution in [-0.4, -0.2) is 45.3 Å². The molecule has 1 fully saturated rings. The van der Waals surface area contributed by atoms with Gasteiger partial charge in [-0.15, -0.1) is 0 Å². The minimum Gasteiger partial charge on any atom is -0.385 e.